The molecule has 3 heteroatoms. The third-order valence-corrected chi connectivity index (χ3v) is 3.96. The van der Waals surface area contributed by atoms with Gasteiger partial charge in [0.1, 0.15) is 0 Å². The van der Waals surface area contributed by atoms with E-state index in [9.17, 15) is 4.79 Å². The lowest BCUT2D eigenvalue weighted by Crippen LogP contribution is -2.51. The van der Waals surface area contributed by atoms with Crippen molar-refractivity contribution in [3.8, 4) is 0 Å². The van der Waals surface area contributed by atoms with E-state index in [1.54, 1.807) is 0 Å². The monoisotopic (exact) mass is 224 g/mol. The summed E-state index contributed by atoms with van der Waals surface area (Å²) in [4.78, 5) is 14.2. The Morgan fingerprint density at radius 2 is 1.69 bits per heavy atom. The van der Waals surface area contributed by atoms with Crippen LogP contribution < -0.4 is 5.32 Å². The van der Waals surface area contributed by atoms with E-state index in [1.807, 2.05) is 32.7 Å². The highest BCUT2D eigenvalue weighted by Gasteiger charge is 2.38. The summed E-state index contributed by atoms with van der Waals surface area (Å²) in [7, 11) is 1.98. The maximum absolute atomic E-state index is 12.2. The molecule has 2 unspecified atom stereocenters. The summed E-state index contributed by atoms with van der Waals surface area (Å²) in [6.45, 7) is 6.00. The number of piperidine rings is 1. The van der Waals surface area contributed by atoms with E-state index in [2.05, 4.69) is 5.32 Å². The molecule has 2 rings (SSSR count). The second-order valence-electron chi connectivity index (χ2n) is 6.43. The molecule has 0 saturated carbocycles. The normalized spacial score (nSPS) is 33.9. The minimum atomic E-state index is -0.251. The Morgan fingerprint density at radius 1 is 1.19 bits per heavy atom. The van der Waals surface area contributed by atoms with Crippen LogP contribution in [0.2, 0.25) is 0 Å². The number of carbonyl (C=O) groups excluding carboxylic acids is 1. The number of hydrogen-bond acceptors (Lipinski definition) is 2. The molecule has 92 valence electrons. The lowest BCUT2D eigenvalue weighted by atomic mass is 9.91. The van der Waals surface area contributed by atoms with Crippen molar-refractivity contribution in [2.45, 2.75) is 64.6 Å². The topological polar surface area (TPSA) is 32.3 Å². The highest BCUT2D eigenvalue weighted by Crippen LogP contribution is 2.30. The third kappa shape index (κ3) is 2.24. The van der Waals surface area contributed by atoms with E-state index in [0.717, 1.165) is 12.8 Å². The molecule has 0 aliphatic carbocycles. The Morgan fingerprint density at radius 3 is 2.12 bits per heavy atom. The molecule has 1 N–H and O–H groups in total. The average Bonchev–Trinajstić information content (AvgIpc) is 2.54. The summed E-state index contributed by atoms with van der Waals surface area (Å²) in [6.07, 6.45) is 4.85. The molecular weight excluding hydrogens is 200 g/mol. The first kappa shape index (κ1) is 11.9. The zero-order chi connectivity index (χ0) is 11.9. The van der Waals surface area contributed by atoms with Crippen LogP contribution in [-0.4, -0.2) is 36.0 Å². The Hall–Kier alpha value is -0.570. The molecule has 3 nitrogen and oxygen atoms in total. The molecule has 2 heterocycles. The highest BCUT2D eigenvalue weighted by atomic mass is 16.2. The summed E-state index contributed by atoms with van der Waals surface area (Å²) in [5.74, 6) is 0.277. The van der Waals surface area contributed by atoms with Crippen molar-refractivity contribution in [3.63, 3.8) is 0 Å². The minimum Gasteiger partial charge on any atom is -0.342 e. The van der Waals surface area contributed by atoms with Crippen LogP contribution in [0.1, 0.15) is 46.5 Å². The largest absolute Gasteiger partial charge is 0.342 e. The van der Waals surface area contributed by atoms with Crippen LogP contribution >= 0.6 is 0 Å². The fourth-order valence-electron chi connectivity index (χ4n) is 3.04. The third-order valence-electron chi connectivity index (χ3n) is 3.96. The van der Waals surface area contributed by atoms with Gasteiger partial charge in [-0.05, 0) is 25.7 Å². The zero-order valence-corrected chi connectivity index (χ0v) is 10.9. The second-order valence-corrected chi connectivity index (χ2v) is 6.43. The molecule has 2 atom stereocenters. The van der Waals surface area contributed by atoms with Crippen LogP contribution in [0.4, 0.5) is 0 Å². The highest BCUT2D eigenvalue weighted by molar-refractivity contribution is 5.81. The lowest BCUT2D eigenvalue weighted by molar-refractivity contribution is -0.141. The van der Waals surface area contributed by atoms with Gasteiger partial charge in [-0.1, -0.05) is 20.8 Å². The molecule has 1 amide bonds. The van der Waals surface area contributed by atoms with Gasteiger partial charge in [0, 0.05) is 30.6 Å². The van der Waals surface area contributed by atoms with E-state index >= 15 is 0 Å². The van der Waals surface area contributed by atoms with Gasteiger partial charge in [0.05, 0.1) is 0 Å². The Labute approximate surface area is 98.6 Å². The van der Waals surface area contributed by atoms with Crippen molar-refractivity contribution >= 4 is 5.91 Å². The fourth-order valence-corrected chi connectivity index (χ4v) is 3.04. The number of amides is 1. The number of nitrogens with one attached hydrogen (secondary N) is 1. The first-order chi connectivity index (χ1) is 7.38. The summed E-state index contributed by atoms with van der Waals surface area (Å²) < 4.78 is 0. The van der Waals surface area contributed by atoms with Crippen LogP contribution in [0.3, 0.4) is 0 Å². The minimum absolute atomic E-state index is 0.251. The molecular formula is C13H24N2O. The van der Waals surface area contributed by atoms with E-state index in [1.165, 1.54) is 12.8 Å². The summed E-state index contributed by atoms with van der Waals surface area (Å²) in [5, 5.41) is 3.61. The maximum atomic E-state index is 12.2. The van der Waals surface area contributed by atoms with Gasteiger partial charge >= 0.3 is 0 Å². The van der Waals surface area contributed by atoms with Gasteiger partial charge in [0.15, 0.2) is 0 Å². The maximum Gasteiger partial charge on any atom is 0.227 e. The smallest absolute Gasteiger partial charge is 0.227 e. The van der Waals surface area contributed by atoms with Gasteiger partial charge in [0.25, 0.3) is 0 Å². The number of carbonyl (C=O) groups is 1. The van der Waals surface area contributed by atoms with Crippen LogP contribution in [0.15, 0.2) is 0 Å². The van der Waals surface area contributed by atoms with Gasteiger partial charge in [-0.3, -0.25) is 4.79 Å². The zero-order valence-electron chi connectivity index (χ0n) is 10.9. The molecule has 0 aromatic carbocycles. The number of hydrogen-bond donors (Lipinski definition) is 1. The van der Waals surface area contributed by atoms with Crippen molar-refractivity contribution in [1.29, 1.82) is 0 Å². The molecule has 2 bridgehead atoms. The van der Waals surface area contributed by atoms with Gasteiger partial charge in [-0.15, -0.1) is 0 Å². The van der Waals surface area contributed by atoms with E-state index < -0.39 is 0 Å². The fraction of sp³-hybridized carbons (Fsp3) is 0.923. The van der Waals surface area contributed by atoms with E-state index in [-0.39, 0.29) is 11.3 Å². The standard InChI is InChI=1S/C13H24N2O/c1-13(2,3)12(16)15(4)11-7-9-5-6-10(8-11)14-9/h9-11,14H,5-8H2,1-4H3. The molecule has 2 aliphatic rings. The van der Waals surface area contributed by atoms with E-state index in [0.29, 0.717) is 18.1 Å². The predicted molar refractivity (Wildman–Crippen MR) is 65.2 cm³/mol. The second kappa shape index (κ2) is 4.02. The molecule has 16 heavy (non-hydrogen) atoms. The molecule has 0 radical (unpaired) electrons. The van der Waals surface area contributed by atoms with Crippen LogP contribution in [0.5, 0.6) is 0 Å². The summed E-state index contributed by atoms with van der Waals surface area (Å²) in [5.41, 5.74) is -0.251. The van der Waals surface area contributed by atoms with Crippen molar-refractivity contribution in [1.82, 2.24) is 10.2 Å². The molecule has 2 fully saturated rings. The summed E-state index contributed by atoms with van der Waals surface area (Å²) in [6, 6.07) is 1.75. The Balaban J connectivity index is 2.00. The molecule has 0 spiro atoms. The van der Waals surface area contributed by atoms with Gasteiger partial charge in [0.2, 0.25) is 5.91 Å². The number of rotatable bonds is 1. The van der Waals surface area contributed by atoms with Gasteiger partial charge in [-0.25, -0.2) is 0 Å². The van der Waals surface area contributed by atoms with Gasteiger partial charge < -0.3 is 10.2 Å². The van der Waals surface area contributed by atoms with Crippen LogP contribution in [0.25, 0.3) is 0 Å². The molecule has 2 saturated heterocycles. The SMILES string of the molecule is CN(C(=O)C(C)(C)C)C1CC2CCC(C1)N2. The lowest BCUT2D eigenvalue weighted by Gasteiger charge is -2.38. The predicted octanol–water partition coefficient (Wildman–Crippen LogP) is 1.77. The molecule has 0 aromatic heterocycles. The Bertz CT molecular complexity index is 270. The van der Waals surface area contributed by atoms with Gasteiger partial charge in [-0.2, -0.15) is 0 Å². The van der Waals surface area contributed by atoms with Crippen molar-refractivity contribution < 1.29 is 4.79 Å². The van der Waals surface area contributed by atoms with Crippen molar-refractivity contribution in [2.24, 2.45) is 5.41 Å². The number of fused-ring (bicyclic) bond motifs is 2. The number of nitrogens with zero attached hydrogens (tertiary/aromatic N) is 1. The average molecular weight is 224 g/mol. The van der Waals surface area contributed by atoms with E-state index in [4.69, 9.17) is 0 Å². The quantitative estimate of drug-likeness (QED) is 0.736. The first-order valence-electron chi connectivity index (χ1n) is 6.41. The van der Waals surface area contributed by atoms with Crippen molar-refractivity contribution in [3.05, 3.63) is 0 Å². The molecule has 0 aromatic rings. The Kier molecular flexibility index (Phi) is 2.99. The first-order valence-corrected chi connectivity index (χ1v) is 6.41. The van der Waals surface area contributed by atoms with Crippen LogP contribution in [0, 0.1) is 5.41 Å². The van der Waals surface area contributed by atoms with Crippen LogP contribution in [-0.2, 0) is 4.79 Å². The molecule has 2 aliphatic heterocycles. The van der Waals surface area contributed by atoms with Crippen molar-refractivity contribution in [2.75, 3.05) is 7.05 Å². The summed E-state index contributed by atoms with van der Waals surface area (Å²) >= 11 is 0.